The van der Waals surface area contributed by atoms with Gasteiger partial charge in [-0.1, -0.05) is 47.0 Å². The van der Waals surface area contributed by atoms with Crippen molar-refractivity contribution in [2.45, 2.75) is 24.7 Å². The van der Waals surface area contributed by atoms with E-state index in [1.165, 1.54) is 10.5 Å². The van der Waals surface area contributed by atoms with Crippen LogP contribution in [0.25, 0.3) is 0 Å². The first-order chi connectivity index (χ1) is 11.0. The van der Waals surface area contributed by atoms with Gasteiger partial charge in [0, 0.05) is 33.7 Å². The van der Waals surface area contributed by atoms with Gasteiger partial charge < -0.3 is 5.32 Å². The van der Waals surface area contributed by atoms with Crippen LogP contribution < -0.4 is 5.32 Å². The van der Waals surface area contributed by atoms with Gasteiger partial charge in [0.05, 0.1) is 0 Å². The maximum atomic E-state index is 11.9. The molecule has 0 aliphatic rings. The third-order valence-electron chi connectivity index (χ3n) is 3.35. The molecule has 0 saturated heterocycles. The summed E-state index contributed by atoms with van der Waals surface area (Å²) >= 11 is 13.7. The predicted molar refractivity (Wildman–Crippen MR) is 99.7 cm³/mol. The molecule has 0 aliphatic carbocycles. The van der Waals surface area contributed by atoms with Gasteiger partial charge in [-0.3, -0.25) is 4.79 Å². The standard InChI is InChI=1S/C18H19Cl2NOS/c1-13-2-7-16(8-3-13)23-11-10-21-18(22)9-5-14-4-6-15(19)12-17(14)20/h2-4,6-8,12H,5,9-11H2,1H3,(H,21,22). The van der Waals surface area contributed by atoms with Gasteiger partial charge >= 0.3 is 0 Å². The number of halogens is 2. The average Bonchev–Trinajstić information content (AvgIpc) is 2.52. The number of nitrogens with one attached hydrogen (secondary N) is 1. The highest BCUT2D eigenvalue weighted by atomic mass is 35.5. The van der Waals surface area contributed by atoms with Crippen LogP contribution in [0.3, 0.4) is 0 Å². The van der Waals surface area contributed by atoms with Crippen molar-refractivity contribution in [2.24, 2.45) is 0 Å². The second-order valence-corrected chi connectivity index (χ2v) is 7.26. The van der Waals surface area contributed by atoms with E-state index in [-0.39, 0.29) is 5.91 Å². The largest absolute Gasteiger partial charge is 0.355 e. The van der Waals surface area contributed by atoms with Crippen LogP contribution in [-0.4, -0.2) is 18.2 Å². The highest BCUT2D eigenvalue weighted by Crippen LogP contribution is 2.22. The molecule has 23 heavy (non-hydrogen) atoms. The number of thioether (sulfide) groups is 1. The van der Waals surface area contributed by atoms with E-state index in [1.807, 2.05) is 6.07 Å². The normalized spacial score (nSPS) is 10.6. The molecule has 0 radical (unpaired) electrons. The zero-order valence-electron chi connectivity index (χ0n) is 12.9. The molecule has 2 aromatic rings. The van der Waals surface area contributed by atoms with E-state index in [9.17, 15) is 4.79 Å². The summed E-state index contributed by atoms with van der Waals surface area (Å²) < 4.78 is 0. The van der Waals surface area contributed by atoms with Crippen molar-refractivity contribution in [2.75, 3.05) is 12.3 Å². The lowest BCUT2D eigenvalue weighted by atomic mass is 10.1. The Bertz CT molecular complexity index is 659. The molecule has 5 heteroatoms. The quantitative estimate of drug-likeness (QED) is 0.541. The molecule has 0 aliphatic heterocycles. The summed E-state index contributed by atoms with van der Waals surface area (Å²) in [6, 6.07) is 13.8. The van der Waals surface area contributed by atoms with E-state index in [1.54, 1.807) is 23.9 Å². The lowest BCUT2D eigenvalue weighted by molar-refractivity contribution is -0.120. The first-order valence-corrected chi connectivity index (χ1v) is 9.19. The predicted octanol–water partition coefficient (Wildman–Crippen LogP) is 5.14. The van der Waals surface area contributed by atoms with E-state index in [0.29, 0.717) is 29.4 Å². The summed E-state index contributed by atoms with van der Waals surface area (Å²) in [6.07, 6.45) is 1.05. The average molecular weight is 368 g/mol. The Morgan fingerprint density at radius 3 is 2.57 bits per heavy atom. The molecule has 0 aromatic heterocycles. The van der Waals surface area contributed by atoms with Crippen LogP contribution in [0.15, 0.2) is 47.4 Å². The minimum absolute atomic E-state index is 0.0422. The van der Waals surface area contributed by atoms with Crippen LogP contribution in [-0.2, 0) is 11.2 Å². The van der Waals surface area contributed by atoms with Gasteiger partial charge in [0.1, 0.15) is 0 Å². The Morgan fingerprint density at radius 1 is 1.13 bits per heavy atom. The summed E-state index contributed by atoms with van der Waals surface area (Å²) in [5.41, 5.74) is 2.20. The van der Waals surface area contributed by atoms with Crippen molar-refractivity contribution in [1.82, 2.24) is 5.32 Å². The molecular weight excluding hydrogens is 349 g/mol. The Hall–Kier alpha value is -1.16. The molecule has 0 fully saturated rings. The van der Waals surface area contributed by atoms with Crippen molar-refractivity contribution in [3.8, 4) is 0 Å². The van der Waals surface area contributed by atoms with E-state index < -0.39 is 0 Å². The van der Waals surface area contributed by atoms with Crippen LogP contribution in [0.1, 0.15) is 17.5 Å². The Labute approximate surface area is 151 Å². The van der Waals surface area contributed by atoms with Gasteiger partial charge in [0.25, 0.3) is 0 Å². The molecule has 0 heterocycles. The van der Waals surface area contributed by atoms with Gasteiger partial charge in [-0.2, -0.15) is 0 Å². The maximum Gasteiger partial charge on any atom is 0.220 e. The van der Waals surface area contributed by atoms with Crippen molar-refractivity contribution in [3.63, 3.8) is 0 Å². The highest BCUT2D eigenvalue weighted by molar-refractivity contribution is 7.99. The van der Waals surface area contributed by atoms with E-state index >= 15 is 0 Å². The highest BCUT2D eigenvalue weighted by Gasteiger charge is 2.05. The number of hydrogen-bond donors (Lipinski definition) is 1. The molecule has 1 amide bonds. The third kappa shape index (κ3) is 6.46. The Kier molecular flexibility index (Phi) is 7.28. The minimum atomic E-state index is 0.0422. The number of carbonyl (C=O) groups excluding carboxylic acids is 1. The second-order valence-electron chi connectivity index (χ2n) is 5.25. The van der Waals surface area contributed by atoms with E-state index in [4.69, 9.17) is 23.2 Å². The molecule has 0 spiro atoms. The van der Waals surface area contributed by atoms with Gasteiger partial charge in [-0.15, -0.1) is 11.8 Å². The second kappa shape index (κ2) is 9.21. The number of aryl methyl sites for hydroxylation is 2. The molecule has 0 saturated carbocycles. The SMILES string of the molecule is Cc1ccc(SCCNC(=O)CCc2ccc(Cl)cc2Cl)cc1. The summed E-state index contributed by atoms with van der Waals surface area (Å²) in [4.78, 5) is 13.1. The van der Waals surface area contributed by atoms with Gasteiger partial charge in [0.2, 0.25) is 5.91 Å². The van der Waals surface area contributed by atoms with Gasteiger partial charge in [0.15, 0.2) is 0 Å². The minimum Gasteiger partial charge on any atom is -0.355 e. The monoisotopic (exact) mass is 367 g/mol. The zero-order valence-corrected chi connectivity index (χ0v) is 15.3. The zero-order chi connectivity index (χ0) is 16.7. The van der Waals surface area contributed by atoms with E-state index in [0.717, 1.165) is 11.3 Å². The summed E-state index contributed by atoms with van der Waals surface area (Å²) in [5, 5.41) is 4.16. The first kappa shape index (κ1) is 18.2. The number of rotatable bonds is 7. The van der Waals surface area contributed by atoms with Crippen molar-refractivity contribution >= 4 is 40.9 Å². The third-order valence-corrected chi connectivity index (χ3v) is 4.95. The number of hydrogen-bond acceptors (Lipinski definition) is 2. The van der Waals surface area contributed by atoms with E-state index in [2.05, 4.69) is 36.5 Å². The summed E-state index contributed by atoms with van der Waals surface area (Å²) in [6.45, 7) is 2.73. The van der Waals surface area contributed by atoms with Gasteiger partial charge in [-0.25, -0.2) is 0 Å². The molecule has 0 atom stereocenters. The Balaban J connectivity index is 1.66. The molecule has 2 rings (SSSR count). The first-order valence-electron chi connectivity index (χ1n) is 7.44. The maximum absolute atomic E-state index is 11.9. The molecule has 1 N–H and O–H groups in total. The topological polar surface area (TPSA) is 29.1 Å². The van der Waals surface area contributed by atoms with Crippen LogP contribution >= 0.6 is 35.0 Å². The number of benzene rings is 2. The van der Waals surface area contributed by atoms with Crippen LogP contribution in [0.4, 0.5) is 0 Å². The fourth-order valence-electron chi connectivity index (χ4n) is 2.05. The van der Waals surface area contributed by atoms with Crippen LogP contribution in [0.5, 0.6) is 0 Å². The molecule has 2 aromatic carbocycles. The molecule has 122 valence electrons. The molecular formula is C18H19Cl2NOS. The molecule has 0 bridgehead atoms. The smallest absolute Gasteiger partial charge is 0.220 e. The van der Waals surface area contributed by atoms with Crippen LogP contribution in [0.2, 0.25) is 10.0 Å². The van der Waals surface area contributed by atoms with Gasteiger partial charge in [-0.05, 0) is 43.2 Å². The summed E-state index contributed by atoms with van der Waals surface area (Å²) in [7, 11) is 0. The fraction of sp³-hybridized carbons (Fsp3) is 0.278. The number of amides is 1. The fourth-order valence-corrected chi connectivity index (χ4v) is 3.33. The number of carbonyl (C=O) groups is 1. The Morgan fingerprint density at radius 2 is 1.87 bits per heavy atom. The van der Waals surface area contributed by atoms with Crippen molar-refractivity contribution < 1.29 is 4.79 Å². The molecule has 2 nitrogen and oxygen atoms in total. The van der Waals surface area contributed by atoms with Crippen molar-refractivity contribution in [3.05, 3.63) is 63.6 Å². The van der Waals surface area contributed by atoms with Crippen molar-refractivity contribution in [1.29, 1.82) is 0 Å². The lowest BCUT2D eigenvalue weighted by Gasteiger charge is -2.07. The van der Waals surface area contributed by atoms with Crippen LogP contribution in [0, 0.1) is 6.92 Å². The molecule has 0 unspecified atom stereocenters. The lowest BCUT2D eigenvalue weighted by Crippen LogP contribution is -2.25. The summed E-state index contributed by atoms with van der Waals surface area (Å²) in [5.74, 6) is 0.900.